The minimum atomic E-state index is -0.0514. The molecule has 1 heterocycles. The summed E-state index contributed by atoms with van der Waals surface area (Å²) in [5.74, 6) is 1.81. The lowest BCUT2D eigenvalue weighted by Gasteiger charge is -2.18. The van der Waals surface area contributed by atoms with Crippen molar-refractivity contribution < 1.29 is 9.47 Å². The van der Waals surface area contributed by atoms with Gasteiger partial charge in [-0.25, -0.2) is 0 Å². The summed E-state index contributed by atoms with van der Waals surface area (Å²) >= 11 is 0. The van der Waals surface area contributed by atoms with Crippen LogP contribution < -0.4 is 20.9 Å². The zero-order chi connectivity index (χ0) is 10.8. The normalized spacial score (nSPS) is 17.5. The van der Waals surface area contributed by atoms with Gasteiger partial charge in [0.05, 0.1) is 0 Å². The van der Waals surface area contributed by atoms with Gasteiger partial charge >= 0.3 is 0 Å². The average Bonchev–Trinajstić information content (AvgIpc) is 2.73. The van der Waals surface area contributed by atoms with Crippen LogP contribution in [0.25, 0.3) is 0 Å². The number of fused-ring (bicyclic) bond motifs is 1. The van der Waals surface area contributed by atoms with Crippen molar-refractivity contribution in [2.24, 2.45) is 17.4 Å². The first kappa shape index (κ1) is 10.3. The van der Waals surface area contributed by atoms with Crippen molar-refractivity contribution in [3.8, 4) is 11.5 Å². The standard InChI is InChI=1S/C11H16N2O2/c1-7(5-12)11(13)8-2-3-9-10(4-8)15-6-14-9/h2-4,7,11H,5-6,12-13H2,1H3. The lowest BCUT2D eigenvalue weighted by molar-refractivity contribution is 0.174. The van der Waals surface area contributed by atoms with Gasteiger partial charge in [-0.15, -0.1) is 0 Å². The largest absolute Gasteiger partial charge is 0.454 e. The molecule has 2 atom stereocenters. The van der Waals surface area contributed by atoms with Crippen molar-refractivity contribution in [1.29, 1.82) is 0 Å². The van der Waals surface area contributed by atoms with Gasteiger partial charge in [0.1, 0.15) is 0 Å². The molecule has 0 bridgehead atoms. The Hall–Kier alpha value is -1.26. The molecule has 0 fully saturated rings. The number of rotatable bonds is 3. The van der Waals surface area contributed by atoms with Crippen LogP contribution in [0.3, 0.4) is 0 Å². The van der Waals surface area contributed by atoms with Gasteiger partial charge in [-0.2, -0.15) is 0 Å². The third kappa shape index (κ3) is 1.91. The first-order valence-corrected chi connectivity index (χ1v) is 5.07. The van der Waals surface area contributed by atoms with Gasteiger partial charge in [0, 0.05) is 6.04 Å². The number of hydrogen-bond acceptors (Lipinski definition) is 4. The Morgan fingerprint density at radius 3 is 2.80 bits per heavy atom. The lowest BCUT2D eigenvalue weighted by Crippen LogP contribution is -2.25. The van der Waals surface area contributed by atoms with Crippen LogP contribution in [-0.2, 0) is 0 Å². The van der Waals surface area contributed by atoms with Crippen LogP contribution >= 0.6 is 0 Å². The molecule has 15 heavy (non-hydrogen) atoms. The van der Waals surface area contributed by atoms with Crippen LogP contribution in [0, 0.1) is 5.92 Å². The Labute approximate surface area is 89.2 Å². The van der Waals surface area contributed by atoms with Crippen molar-refractivity contribution in [1.82, 2.24) is 0 Å². The molecule has 1 aromatic rings. The van der Waals surface area contributed by atoms with Crippen molar-refractivity contribution in [3.63, 3.8) is 0 Å². The van der Waals surface area contributed by atoms with E-state index in [0.29, 0.717) is 13.3 Å². The van der Waals surface area contributed by atoms with Crippen LogP contribution in [-0.4, -0.2) is 13.3 Å². The highest BCUT2D eigenvalue weighted by molar-refractivity contribution is 5.45. The summed E-state index contributed by atoms with van der Waals surface area (Å²) in [6.45, 7) is 2.91. The molecule has 0 spiro atoms. The van der Waals surface area contributed by atoms with Crippen molar-refractivity contribution >= 4 is 0 Å². The molecule has 1 aliphatic rings. The highest BCUT2D eigenvalue weighted by Crippen LogP contribution is 2.34. The van der Waals surface area contributed by atoms with Crippen LogP contribution in [0.1, 0.15) is 18.5 Å². The Kier molecular flexibility index (Phi) is 2.79. The molecule has 0 aromatic heterocycles. The Morgan fingerprint density at radius 2 is 2.07 bits per heavy atom. The highest BCUT2D eigenvalue weighted by Gasteiger charge is 2.18. The second kappa shape index (κ2) is 4.08. The van der Waals surface area contributed by atoms with E-state index >= 15 is 0 Å². The molecule has 4 nitrogen and oxygen atoms in total. The van der Waals surface area contributed by atoms with Gasteiger partial charge in [-0.1, -0.05) is 13.0 Å². The van der Waals surface area contributed by atoms with Crippen LogP contribution in [0.15, 0.2) is 18.2 Å². The average molecular weight is 208 g/mol. The first-order valence-electron chi connectivity index (χ1n) is 5.07. The highest BCUT2D eigenvalue weighted by atomic mass is 16.7. The van der Waals surface area contributed by atoms with E-state index in [4.69, 9.17) is 20.9 Å². The fourth-order valence-electron chi connectivity index (χ4n) is 1.60. The van der Waals surface area contributed by atoms with Gasteiger partial charge in [0.25, 0.3) is 0 Å². The van der Waals surface area contributed by atoms with E-state index in [1.165, 1.54) is 0 Å². The van der Waals surface area contributed by atoms with Crippen molar-refractivity contribution in [2.75, 3.05) is 13.3 Å². The summed E-state index contributed by atoms with van der Waals surface area (Å²) in [5.41, 5.74) is 12.7. The quantitative estimate of drug-likeness (QED) is 0.777. The molecule has 1 aromatic carbocycles. The van der Waals surface area contributed by atoms with Gasteiger partial charge in [-0.05, 0) is 30.2 Å². The van der Waals surface area contributed by atoms with Gasteiger partial charge in [0.2, 0.25) is 6.79 Å². The molecule has 1 aliphatic heterocycles. The summed E-state index contributed by atoms with van der Waals surface area (Å²) in [6.07, 6.45) is 0. The van der Waals surface area contributed by atoms with Gasteiger partial charge in [-0.3, -0.25) is 0 Å². The number of ether oxygens (including phenoxy) is 2. The monoisotopic (exact) mass is 208 g/mol. The summed E-state index contributed by atoms with van der Waals surface area (Å²) in [5, 5.41) is 0. The number of nitrogens with two attached hydrogens (primary N) is 2. The predicted molar refractivity (Wildman–Crippen MR) is 57.7 cm³/mol. The number of hydrogen-bond donors (Lipinski definition) is 2. The van der Waals surface area contributed by atoms with Gasteiger partial charge in [0.15, 0.2) is 11.5 Å². The van der Waals surface area contributed by atoms with E-state index < -0.39 is 0 Å². The molecule has 4 heteroatoms. The molecule has 4 N–H and O–H groups in total. The molecular formula is C11H16N2O2. The molecule has 0 amide bonds. The van der Waals surface area contributed by atoms with E-state index in [1.54, 1.807) is 0 Å². The Morgan fingerprint density at radius 1 is 1.33 bits per heavy atom. The van der Waals surface area contributed by atoms with E-state index in [2.05, 4.69) is 0 Å². The molecule has 2 rings (SSSR count). The van der Waals surface area contributed by atoms with Crippen LogP contribution in [0.2, 0.25) is 0 Å². The summed E-state index contributed by atoms with van der Waals surface area (Å²) < 4.78 is 10.5. The first-order chi connectivity index (χ1) is 7.22. The summed E-state index contributed by atoms with van der Waals surface area (Å²) in [7, 11) is 0. The third-order valence-corrected chi connectivity index (χ3v) is 2.77. The molecule has 0 radical (unpaired) electrons. The topological polar surface area (TPSA) is 70.5 Å². The van der Waals surface area contributed by atoms with Crippen molar-refractivity contribution in [2.45, 2.75) is 13.0 Å². The second-order valence-electron chi connectivity index (χ2n) is 3.85. The van der Waals surface area contributed by atoms with E-state index in [-0.39, 0.29) is 12.0 Å². The van der Waals surface area contributed by atoms with Crippen LogP contribution in [0.5, 0.6) is 11.5 Å². The third-order valence-electron chi connectivity index (χ3n) is 2.77. The maximum Gasteiger partial charge on any atom is 0.231 e. The smallest absolute Gasteiger partial charge is 0.231 e. The minimum absolute atomic E-state index is 0.0514. The maximum atomic E-state index is 6.07. The van der Waals surface area contributed by atoms with E-state index in [9.17, 15) is 0 Å². The zero-order valence-electron chi connectivity index (χ0n) is 8.77. The lowest BCUT2D eigenvalue weighted by atomic mass is 9.95. The predicted octanol–water partition coefficient (Wildman–Crippen LogP) is 1.01. The Balaban J connectivity index is 2.22. The van der Waals surface area contributed by atoms with Gasteiger partial charge < -0.3 is 20.9 Å². The van der Waals surface area contributed by atoms with Crippen LogP contribution in [0.4, 0.5) is 0 Å². The molecule has 82 valence electrons. The summed E-state index contributed by atoms with van der Waals surface area (Å²) in [6, 6.07) is 5.73. The zero-order valence-corrected chi connectivity index (χ0v) is 8.77. The maximum absolute atomic E-state index is 6.07. The fourth-order valence-corrected chi connectivity index (χ4v) is 1.60. The summed E-state index contributed by atoms with van der Waals surface area (Å²) in [4.78, 5) is 0. The molecule has 0 saturated carbocycles. The number of benzene rings is 1. The molecule has 0 saturated heterocycles. The Bertz CT molecular complexity index is 354. The van der Waals surface area contributed by atoms with E-state index in [1.807, 2.05) is 25.1 Å². The fraction of sp³-hybridized carbons (Fsp3) is 0.455. The second-order valence-corrected chi connectivity index (χ2v) is 3.85. The molecule has 0 aliphatic carbocycles. The SMILES string of the molecule is CC(CN)C(N)c1ccc2c(c1)OCO2. The molecular weight excluding hydrogens is 192 g/mol. The minimum Gasteiger partial charge on any atom is -0.454 e. The van der Waals surface area contributed by atoms with E-state index in [0.717, 1.165) is 17.1 Å². The van der Waals surface area contributed by atoms with Crippen molar-refractivity contribution in [3.05, 3.63) is 23.8 Å². The molecule has 2 unspecified atom stereocenters.